The number of hydrogen-bond acceptors (Lipinski definition) is 4. The number of carbonyl (C=O) groups excluding carboxylic acids is 3. The van der Waals surface area contributed by atoms with Gasteiger partial charge in [0.25, 0.3) is 5.91 Å². The Bertz CT molecular complexity index is 891. The number of hydrogen-bond donors (Lipinski definition) is 1. The molecule has 6 nitrogen and oxygen atoms in total. The quantitative estimate of drug-likeness (QED) is 0.769. The Balaban J connectivity index is 1.33. The SMILES string of the molecule is CC1(c2cccs2)NC(=O)N(CC(=O)N2CCC(Cc3ccccc3)CC2)C1=O. The summed E-state index contributed by atoms with van der Waals surface area (Å²) >= 11 is 1.42. The van der Waals surface area contributed by atoms with E-state index in [2.05, 4.69) is 29.6 Å². The molecule has 1 N–H and O–H groups in total. The van der Waals surface area contributed by atoms with Crippen LogP contribution >= 0.6 is 11.3 Å². The second kappa shape index (κ2) is 7.99. The van der Waals surface area contributed by atoms with Crippen molar-refractivity contribution in [2.24, 2.45) is 5.92 Å². The first kappa shape index (κ1) is 19.6. The summed E-state index contributed by atoms with van der Waals surface area (Å²) < 4.78 is 0. The van der Waals surface area contributed by atoms with Gasteiger partial charge >= 0.3 is 6.03 Å². The number of urea groups is 1. The highest BCUT2D eigenvalue weighted by molar-refractivity contribution is 7.10. The average molecular weight is 412 g/mol. The molecule has 4 amide bonds. The van der Waals surface area contributed by atoms with E-state index in [1.807, 2.05) is 23.6 Å². The molecule has 2 fully saturated rings. The van der Waals surface area contributed by atoms with Crippen LogP contribution in [0.2, 0.25) is 0 Å². The average Bonchev–Trinajstić information content (AvgIpc) is 3.34. The molecule has 152 valence electrons. The Morgan fingerprint density at radius 3 is 2.52 bits per heavy atom. The van der Waals surface area contributed by atoms with Crippen LogP contribution in [-0.4, -0.2) is 47.3 Å². The fraction of sp³-hybridized carbons (Fsp3) is 0.409. The smallest absolute Gasteiger partial charge is 0.325 e. The molecular formula is C22H25N3O3S. The van der Waals surface area contributed by atoms with E-state index in [0.717, 1.165) is 29.0 Å². The van der Waals surface area contributed by atoms with Gasteiger partial charge in [0.1, 0.15) is 6.54 Å². The normalized spacial score (nSPS) is 22.8. The molecule has 2 saturated heterocycles. The number of thiophene rings is 1. The second-order valence-corrected chi connectivity index (χ2v) is 8.89. The minimum atomic E-state index is -1.09. The first-order valence-electron chi connectivity index (χ1n) is 9.97. The summed E-state index contributed by atoms with van der Waals surface area (Å²) in [5.74, 6) is 0.0274. The van der Waals surface area contributed by atoms with Gasteiger partial charge in [0.2, 0.25) is 5.91 Å². The molecule has 2 aliphatic heterocycles. The summed E-state index contributed by atoms with van der Waals surface area (Å²) in [6.45, 7) is 2.83. The van der Waals surface area contributed by atoms with Gasteiger partial charge < -0.3 is 10.2 Å². The lowest BCUT2D eigenvalue weighted by Crippen LogP contribution is -2.46. The highest BCUT2D eigenvalue weighted by Crippen LogP contribution is 2.32. The Labute approximate surface area is 174 Å². The topological polar surface area (TPSA) is 69.7 Å². The first-order chi connectivity index (χ1) is 14.0. The number of carbonyl (C=O) groups is 3. The summed E-state index contributed by atoms with van der Waals surface area (Å²) in [5.41, 5.74) is 0.235. The van der Waals surface area contributed by atoms with Crippen molar-refractivity contribution in [1.82, 2.24) is 15.1 Å². The molecule has 1 atom stereocenters. The van der Waals surface area contributed by atoms with Crippen LogP contribution in [0.3, 0.4) is 0 Å². The van der Waals surface area contributed by atoms with Crippen LogP contribution < -0.4 is 5.32 Å². The third kappa shape index (κ3) is 3.92. The number of nitrogens with one attached hydrogen (secondary N) is 1. The molecule has 0 bridgehead atoms. The lowest BCUT2D eigenvalue weighted by Gasteiger charge is -2.33. The summed E-state index contributed by atoms with van der Waals surface area (Å²) in [6.07, 6.45) is 2.90. The van der Waals surface area contributed by atoms with Crippen molar-refractivity contribution in [3.05, 3.63) is 58.3 Å². The molecule has 1 aromatic carbocycles. The molecular weight excluding hydrogens is 386 g/mol. The van der Waals surface area contributed by atoms with Crippen LogP contribution in [0.25, 0.3) is 0 Å². The highest BCUT2D eigenvalue weighted by Gasteiger charge is 2.50. The van der Waals surface area contributed by atoms with Crippen molar-refractivity contribution in [1.29, 1.82) is 0 Å². The van der Waals surface area contributed by atoms with Gasteiger partial charge in [0.15, 0.2) is 5.54 Å². The number of imide groups is 1. The standard InChI is InChI=1S/C22H25N3O3S/c1-22(18-8-5-13-29-18)20(27)25(21(28)23-22)15-19(26)24-11-9-17(10-12-24)14-16-6-3-2-4-7-16/h2-8,13,17H,9-12,14-15H2,1H3,(H,23,28). The number of amides is 4. The minimum absolute atomic E-state index is 0.165. The summed E-state index contributed by atoms with van der Waals surface area (Å²) in [7, 11) is 0. The van der Waals surface area contributed by atoms with Crippen LogP contribution in [0.5, 0.6) is 0 Å². The van der Waals surface area contributed by atoms with Crippen molar-refractivity contribution >= 4 is 29.2 Å². The van der Waals surface area contributed by atoms with E-state index in [4.69, 9.17) is 0 Å². The van der Waals surface area contributed by atoms with Gasteiger partial charge in [-0.2, -0.15) is 0 Å². The largest absolute Gasteiger partial charge is 0.341 e. The Hall–Kier alpha value is -2.67. The van der Waals surface area contributed by atoms with E-state index in [9.17, 15) is 14.4 Å². The van der Waals surface area contributed by atoms with Crippen LogP contribution in [-0.2, 0) is 21.5 Å². The molecule has 29 heavy (non-hydrogen) atoms. The van der Waals surface area contributed by atoms with Crippen LogP contribution in [0.15, 0.2) is 47.8 Å². The van der Waals surface area contributed by atoms with E-state index >= 15 is 0 Å². The Morgan fingerprint density at radius 1 is 1.14 bits per heavy atom. The second-order valence-electron chi connectivity index (χ2n) is 7.94. The van der Waals surface area contributed by atoms with E-state index < -0.39 is 11.6 Å². The number of benzene rings is 1. The monoisotopic (exact) mass is 411 g/mol. The third-order valence-electron chi connectivity index (χ3n) is 5.92. The molecule has 4 rings (SSSR count). The maximum absolute atomic E-state index is 12.9. The zero-order valence-electron chi connectivity index (χ0n) is 16.5. The Kier molecular flexibility index (Phi) is 5.41. The molecule has 2 aliphatic rings. The maximum Gasteiger partial charge on any atom is 0.325 e. The van der Waals surface area contributed by atoms with E-state index in [0.29, 0.717) is 19.0 Å². The molecule has 0 saturated carbocycles. The summed E-state index contributed by atoms with van der Waals surface area (Å²) in [5, 5.41) is 4.62. The van der Waals surface area contributed by atoms with E-state index in [1.54, 1.807) is 11.8 Å². The lowest BCUT2D eigenvalue weighted by molar-refractivity contribution is -0.139. The van der Waals surface area contributed by atoms with Crippen LogP contribution in [0.4, 0.5) is 4.79 Å². The van der Waals surface area contributed by atoms with E-state index in [1.165, 1.54) is 16.9 Å². The first-order valence-corrected chi connectivity index (χ1v) is 10.8. The van der Waals surface area contributed by atoms with Crippen LogP contribution in [0.1, 0.15) is 30.2 Å². The minimum Gasteiger partial charge on any atom is -0.341 e. The molecule has 0 spiro atoms. The number of nitrogens with zero attached hydrogens (tertiary/aromatic N) is 2. The molecule has 1 unspecified atom stereocenters. The zero-order chi connectivity index (χ0) is 20.4. The van der Waals surface area contributed by atoms with Gasteiger partial charge in [0, 0.05) is 18.0 Å². The van der Waals surface area contributed by atoms with Crippen LogP contribution in [0, 0.1) is 5.92 Å². The summed E-state index contributed by atoms with van der Waals surface area (Å²) in [4.78, 5) is 41.7. The fourth-order valence-electron chi connectivity index (χ4n) is 4.14. The third-order valence-corrected chi connectivity index (χ3v) is 7.01. The molecule has 0 radical (unpaired) electrons. The fourth-order valence-corrected chi connectivity index (χ4v) is 4.97. The molecule has 3 heterocycles. The number of likely N-dealkylation sites (tertiary alicyclic amines) is 1. The van der Waals surface area contributed by atoms with Crippen molar-refractivity contribution in [2.45, 2.75) is 31.7 Å². The Morgan fingerprint density at radius 2 is 1.86 bits per heavy atom. The summed E-state index contributed by atoms with van der Waals surface area (Å²) in [6, 6.07) is 13.6. The predicted molar refractivity (Wildman–Crippen MR) is 111 cm³/mol. The van der Waals surface area contributed by atoms with Gasteiger partial charge in [-0.25, -0.2) is 4.79 Å². The number of rotatable bonds is 5. The zero-order valence-corrected chi connectivity index (χ0v) is 17.3. The highest BCUT2D eigenvalue weighted by atomic mass is 32.1. The van der Waals surface area contributed by atoms with Gasteiger partial charge in [-0.05, 0) is 49.1 Å². The van der Waals surface area contributed by atoms with Gasteiger partial charge in [0.05, 0.1) is 0 Å². The lowest BCUT2D eigenvalue weighted by atomic mass is 9.90. The maximum atomic E-state index is 12.9. The van der Waals surface area contributed by atoms with Gasteiger partial charge in [-0.15, -0.1) is 11.3 Å². The van der Waals surface area contributed by atoms with Gasteiger partial charge in [-0.1, -0.05) is 36.4 Å². The number of piperidine rings is 1. The molecule has 2 aromatic rings. The molecule has 7 heteroatoms. The van der Waals surface area contributed by atoms with E-state index in [-0.39, 0.29) is 18.4 Å². The van der Waals surface area contributed by atoms with Crippen molar-refractivity contribution < 1.29 is 14.4 Å². The van der Waals surface area contributed by atoms with Crippen molar-refractivity contribution in [3.8, 4) is 0 Å². The molecule has 1 aromatic heterocycles. The van der Waals surface area contributed by atoms with Crippen molar-refractivity contribution in [2.75, 3.05) is 19.6 Å². The van der Waals surface area contributed by atoms with Crippen molar-refractivity contribution in [3.63, 3.8) is 0 Å². The van der Waals surface area contributed by atoms with Gasteiger partial charge in [-0.3, -0.25) is 14.5 Å². The molecule has 0 aliphatic carbocycles. The predicted octanol–water partition coefficient (Wildman–Crippen LogP) is 3.00.